The fraction of sp³-hybridized carbons (Fsp3) is 0.208. The maximum atomic E-state index is 13.6. The fourth-order valence-electron chi connectivity index (χ4n) is 3.57. The lowest BCUT2D eigenvalue weighted by molar-refractivity contribution is 0.630. The molecule has 158 valence electrons. The van der Waals surface area contributed by atoms with Gasteiger partial charge >= 0.3 is 11.2 Å². The first-order valence-electron chi connectivity index (χ1n) is 10.3. The monoisotopic (exact) mass is 418 g/mol. The molecule has 0 aliphatic heterocycles. The molecule has 0 saturated heterocycles. The summed E-state index contributed by atoms with van der Waals surface area (Å²) in [5, 5.41) is 4.64. The second-order valence-electron chi connectivity index (χ2n) is 7.44. The first-order valence-corrected chi connectivity index (χ1v) is 10.3. The van der Waals surface area contributed by atoms with E-state index in [1.807, 2.05) is 36.4 Å². The lowest BCUT2D eigenvalue weighted by Crippen LogP contribution is -2.32. The summed E-state index contributed by atoms with van der Waals surface area (Å²) in [4.78, 5) is 31.1. The van der Waals surface area contributed by atoms with E-state index in [4.69, 9.17) is 0 Å². The molecule has 4 rings (SSSR count). The SMILES string of the molecule is CCCCCC(C=Nn1c(=O)[nH]c2c([nH]c3ccc(F)cc32)c1=O)=Cc1ccccc1. The van der Waals surface area contributed by atoms with Gasteiger partial charge in [-0.3, -0.25) is 4.79 Å². The Labute approximate surface area is 177 Å². The van der Waals surface area contributed by atoms with Crippen LogP contribution in [-0.2, 0) is 0 Å². The number of benzene rings is 2. The molecule has 4 aromatic rings. The van der Waals surface area contributed by atoms with Gasteiger partial charge < -0.3 is 9.97 Å². The van der Waals surface area contributed by atoms with Crippen LogP contribution < -0.4 is 11.2 Å². The number of nitrogens with one attached hydrogen (secondary N) is 2. The van der Waals surface area contributed by atoms with Crippen LogP contribution in [0.2, 0.25) is 0 Å². The van der Waals surface area contributed by atoms with Crippen molar-refractivity contribution in [3.8, 4) is 0 Å². The number of aromatic nitrogens is 3. The maximum absolute atomic E-state index is 13.6. The van der Waals surface area contributed by atoms with Gasteiger partial charge in [0.2, 0.25) is 0 Å². The van der Waals surface area contributed by atoms with Gasteiger partial charge in [-0.25, -0.2) is 9.18 Å². The molecule has 2 heterocycles. The van der Waals surface area contributed by atoms with Gasteiger partial charge in [-0.1, -0.05) is 56.2 Å². The second kappa shape index (κ2) is 8.95. The predicted molar refractivity (Wildman–Crippen MR) is 123 cm³/mol. The lowest BCUT2D eigenvalue weighted by Gasteiger charge is -2.03. The third-order valence-corrected chi connectivity index (χ3v) is 5.15. The van der Waals surface area contributed by atoms with E-state index in [0.717, 1.165) is 41.5 Å². The maximum Gasteiger partial charge on any atom is 0.350 e. The summed E-state index contributed by atoms with van der Waals surface area (Å²) in [6.45, 7) is 2.13. The number of allylic oxidation sites excluding steroid dienone is 1. The van der Waals surface area contributed by atoms with Gasteiger partial charge in [0.05, 0.1) is 11.7 Å². The van der Waals surface area contributed by atoms with Crippen LogP contribution in [0.15, 0.2) is 68.8 Å². The van der Waals surface area contributed by atoms with E-state index in [1.54, 1.807) is 6.21 Å². The zero-order chi connectivity index (χ0) is 21.8. The number of unbranched alkanes of at least 4 members (excludes halogenated alkanes) is 2. The van der Waals surface area contributed by atoms with Gasteiger partial charge in [-0.2, -0.15) is 5.10 Å². The van der Waals surface area contributed by atoms with Gasteiger partial charge in [-0.05, 0) is 42.2 Å². The third-order valence-electron chi connectivity index (χ3n) is 5.15. The molecule has 0 amide bonds. The summed E-state index contributed by atoms with van der Waals surface area (Å²) in [6.07, 6.45) is 7.51. The van der Waals surface area contributed by atoms with Crippen molar-refractivity contribution in [3.05, 3.63) is 86.3 Å². The number of hydrogen-bond donors (Lipinski definition) is 2. The van der Waals surface area contributed by atoms with E-state index in [1.165, 1.54) is 18.2 Å². The summed E-state index contributed by atoms with van der Waals surface area (Å²) in [5.74, 6) is -0.445. The highest BCUT2D eigenvalue weighted by Gasteiger charge is 2.13. The third kappa shape index (κ3) is 4.40. The van der Waals surface area contributed by atoms with Crippen LogP contribution in [0.1, 0.15) is 38.2 Å². The van der Waals surface area contributed by atoms with Crippen molar-refractivity contribution in [1.29, 1.82) is 0 Å². The quantitative estimate of drug-likeness (QED) is 0.334. The van der Waals surface area contributed by atoms with Gasteiger partial charge in [0.25, 0.3) is 0 Å². The van der Waals surface area contributed by atoms with Crippen molar-refractivity contribution in [3.63, 3.8) is 0 Å². The van der Waals surface area contributed by atoms with E-state index < -0.39 is 17.1 Å². The molecule has 0 aliphatic rings. The fourth-order valence-corrected chi connectivity index (χ4v) is 3.57. The Hall–Kier alpha value is -3.74. The van der Waals surface area contributed by atoms with Crippen molar-refractivity contribution < 1.29 is 4.39 Å². The normalized spacial score (nSPS) is 12.4. The highest BCUT2D eigenvalue weighted by Crippen LogP contribution is 2.21. The molecule has 2 aromatic heterocycles. The predicted octanol–water partition coefficient (Wildman–Crippen LogP) is 4.81. The van der Waals surface area contributed by atoms with Crippen molar-refractivity contribution in [2.75, 3.05) is 0 Å². The van der Waals surface area contributed by atoms with Crippen LogP contribution in [0.5, 0.6) is 0 Å². The molecular formula is C24H23FN4O2. The van der Waals surface area contributed by atoms with Crippen LogP contribution >= 0.6 is 0 Å². The van der Waals surface area contributed by atoms with E-state index in [0.29, 0.717) is 10.9 Å². The van der Waals surface area contributed by atoms with Gasteiger partial charge in [0, 0.05) is 10.9 Å². The molecular weight excluding hydrogens is 395 g/mol. The number of fused-ring (bicyclic) bond motifs is 3. The number of halogens is 1. The number of rotatable bonds is 7. The van der Waals surface area contributed by atoms with Crippen molar-refractivity contribution in [2.24, 2.45) is 5.10 Å². The first kappa shape index (κ1) is 20.5. The van der Waals surface area contributed by atoms with Gasteiger partial charge in [0.1, 0.15) is 11.3 Å². The van der Waals surface area contributed by atoms with Gasteiger partial charge in [0.15, 0.2) is 0 Å². The lowest BCUT2D eigenvalue weighted by atomic mass is 10.1. The van der Waals surface area contributed by atoms with E-state index >= 15 is 0 Å². The standard InChI is InChI=1S/C24H23FN4O2/c1-2-3-5-10-17(13-16-8-6-4-7-9-16)15-26-29-23(30)22-21(28-24(29)31)19-14-18(25)11-12-20(19)27-22/h4,6-9,11-15,27H,2-3,5,10H2,1H3,(H,28,31). The minimum atomic E-state index is -0.675. The minimum absolute atomic E-state index is 0.178. The molecule has 2 aromatic carbocycles. The number of H-pyrrole nitrogens is 2. The van der Waals surface area contributed by atoms with E-state index in [2.05, 4.69) is 22.0 Å². The highest BCUT2D eigenvalue weighted by molar-refractivity contribution is 6.04. The molecule has 0 unspecified atom stereocenters. The van der Waals surface area contributed by atoms with E-state index in [9.17, 15) is 14.0 Å². The molecule has 7 heteroatoms. The van der Waals surface area contributed by atoms with Crippen molar-refractivity contribution in [1.82, 2.24) is 14.6 Å². The second-order valence-corrected chi connectivity index (χ2v) is 7.44. The Morgan fingerprint density at radius 1 is 1.06 bits per heavy atom. The largest absolute Gasteiger partial charge is 0.350 e. The van der Waals surface area contributed by atoms with Crippen LogP contribution in [0, 0.1) is 5.82 Å². The topological polar surface area (TPSA) is 83.0 Å². The Bertz CT molecular complexity index is 1390. The van der Waals surface area contributed by atoms with Crippen LogP contribution in [0.3, 0.4) is 0 Å². The molecule has 2 N–H and O–H groups in total. The molecule has 0 fully saturated rings. The van der Waals surface area contributed by atoms with Crippen molar-refractivity contribution in [2.45, 2.75) is 32.6 Å². The zero-order valence-electron chi connectivity index (χ0n) is 17.2. The van der Waals surface area contributed by atoms with Crippen LogP contribution in [0.25, 0.3) is 28.0 Å². The molecule has 6 nitrogen and oxygen atoms in total. The molecule has 31 heavy (non-hydrogen) atoms. The molecule has 0 bridgehead atoms. The number of hydrogen-bond acceptors (Lipinski definition) is 3. The summed E-state index contributed by atoms with van der Waals surface area (Å²) >= 11 is 0. The minimum Gasteiger partial charge on any atom is -0.349 e. The molecule has 0 aliphatic carbocycles. The average Bonchev–Trinajstić information content (AvgIpc) is 3.12. The Kier molecular flexibility index (Phi) is 5.93. The van der Waals surface area contributed by atoms with Crippen molar-refractivity contribution >= 4 is 34.2 Å². The highest BCUT2D eigenvalue weighted by atomic mass is 19.1. The summed E-state index contributed by atoms with van der Waals surface area (Å²) in [6, 6.07) is 13.9. The van der Waals surface area contributed by atoms with Crippen LogP contribution in [0.4, 0.5) is 4.39 Å². The van der Waals surface area contributed by atoms with E-state index in [-0.39, 0.29) is 11.0 Å². The van der Waals surface area contributed by atoms with Gasteiger partial charge in [-0.15, -0.1) is 4.68 Å². The molecule has 0 radical (unpaired) electrons. The summed E-state index contributed by atoms with van der Waals surface area (Å²) in [5.41, 5.74) is 1.70. The average molecular weight is 418 g/mol. The van der Waals surface area contributed by atoms with Crippen LogP contribution in [-0.4, -0.2) is 20.9 Å². The molecule has 0 spiro atoms. The Balaban J connectivity index is 1.76. The Morgan fingerprint density at radius 2 is 1.87 bits per heavy atom. The molecule has 0 saturated carbocycles. The first-order chi connectivity index (χ1) is 15.1. The number of aromatic amines is 2. The smallest absolute Gasteiger partial charge is 0.349 e. The zero-order valence-corrected chi connectivity index (χ0v) is 17.2. The number of nitrogens with zero attached hydrogens (tertiary/aromatic N) is 2. The Morgan fingerprint density at radius 3 is 2.65 bits per heavy atom. The molecule has 0 atom stereocenters. The summed E-state index contributed by atoms with van der Waals surface area (Å²) in [7, 11) is 0. The summed E-state index contributed by atoms with van der Waals surface area (Å²) < 4.78 is 14.4.